The zero-order valence-corrected chi connectivity index (χ0v) is 19.0. The van der Waals surface area contributed by atoms with E-state index in [-0.39, 0.29) is 18.9 Å². The quantitative estimate of drug-likeness (QED) is 0.613. The second-order valence-corrected chi connectivity index (χ2v) is 8.53. The third kappa shape index (κ3) is 4.97. The van der Waals surface area contributed by atoms with Crippen LogP contribution >= 0.6 is 0 Å². The number of carbonyl (C=O) groups is 3. The van der Waals surface area contributed by atoms with Crippen LogP contribution in [0.3, 0.4) is 0 Å². The lowest BCUT2D eigenvalue weighted by Crippen LogP contribution is -2.52. The maximum atomic E-state index is 13.9. The molecule has 2 atom stereocenters. The summed E-state index contributed by atoms with van der Waals surface area (Å²) in [5, 5.41) is 11.7. The van der Waals surface area contributed by atoms with Gasteiger partial charge in [-0.25, -0.2) is 18.4 Å². The van der Waals surface area contributed by atoms with Gasteiger partial charge in [0.15, 0.2) is 0 Å². The Hall–Kier alpha value is -3.93. The van der Waals surface area contributed by atoms with Gasteiger partial charge in [-0.3, -0.25) is 4.79 Å². The Kier molecular flexibility index (Phi) is 6.74. The van der Waals surface area contributed by atoms with Crippen LogP contribution in [0.4, 0.5) is 13.6 Å². The minimum absolute atomic E-state index is 0.000235. The average molecular weight is 482 g/mol. The predicted molar refractivity (Wildman–Crippen MR) is 123 cm³/mol. The van der Waals surface area contributed by atoms with E-state index >= 15 is 0 Å². The van der Waals surface area contributed by atoms with Crippen LogP contribution in [0.5, 0.6) is 0 Å². The first-order chi connectivity index (χ1) is 16.7. The summed E-state index contributed by atoms with van der Waals surface area (Å²) in [5.41, 5.74) is 4.13. The molecule has 9 heteroatoms. The Morgan fingerprint density at radius 2 is 1.74 bits per heavy atom. The van der Waals surface area contributed by atoms with Crippen LogP contribution in [-0.2, 0) is 14.3 Å². The molecular weight excluding hydrogens is 458 g/mol. The van der Waals surface area contributed by atoms with Crippen LogP contribution in [0, 0.1) is 11.8 Å². The van der Waals surface area contributed by atoms with E-state index in [0.29, 0.717) is 4.90 Å². The summed E-state index contributed by atoms with van der Waals surface area (Å²) in [6, 6.07) is 12.6. The molecule has 1 fully saturated rings. The lowest BCUT2D eigenvalue weighted by Gasteiger charge is -2.26. The number of hydrogen-bond donors (Lipinski definition) is 2. The number of nitrogens with one attached hydrogen (secondary N) is 1. The molecule has 0 bridgehead atoms. The van der Waals surface area contributed by atoms with Crippen molar-refractivity contribution in [2.75, 3.05) is 13.2 Å². The molecule has 0 spiro atoms. The molecule has 0 radical (unpaired) electrons. The van der Waals surface area contributed by atoms with Gasteiger partial charge in [-0.05, 0) is 29.2 Å². The lowest BCUT2D eigenvalue weighted by atomic mass is 9.98. The zero-order chi connectivity index (χ0) is 25.2. The number of carboxylic acids is 1. The fourth-order valence-corrected chi connectivity index (χ4v) is 4.66. The molecule has 1 saturated heterocycles. The van der Waals surface area contributed by atoms with E-state index in [1.165, 1.54) is 6.92 Å². The standard InChI is InChI=1S/C26H24F2N2O5/c1-2-3-12-21(23(31)30-15-26(27,28)13-22(30)24(32)33)29-25(34)35-14-20-18-10-6-4-8-16(18)17-9-5-7-11-19(17)20/h4-11,20-22H,12-15H2,1H3,(H,29,34)(H,32,33). The van der Waals surface area contributed by atoms with Gasteiger partial charge in [0.2, 0.25) is 5.91 Å². The first-order valence-corrected chi connectivity index (χ1v) is 11.1. The summed E-state index contributed by atoms with van der Waals surface area (Å²) < 4.78 is 33.2. The van der Waals surface area contributed by atoms with Crippen LogP contribution in [0.2, 0.25) is 0 Å². The molecule has 0 aromatic heterocycles. The third-order valence-electron chi connectivity index (χ3n) is 6.25. The smallest absolute Gasteiger partial charge is 0.407 e. The number of amides is 2. The van der Waals surface area contributed by atoms with Crippen molar-refractivity contribution in [1.82, 2.24) is 10.2 Å². The first kappa shape index (κ1) is 24.2. The molecule has 1 heterocycles. The Labute approximate surface area is 201 Å². The number of halogens is 2. The second-order valence-electron chi connectivity index (χ2n) is 8.53. The highest BCUT2D eigenvalue weighted by Gasteiger charge is 2.51. The number of nitrogens with zero attached hydrogens (tertiary/aromatic N) is 1. The molecule has 2 amide bonds. The lowest BCUT2D eigenvalue weighted by molar-refractivity contribution is -0.148. The Bertz CT molecular complexity index is 1170. The highest BCUT2D eigenvalue weighted by molar-refractivity contribution is 5.90. The number of carbonyl (C=O) groups excluding carboxylic acids is 2. The van der Waals surface area contributed by atoms with Crippen molar-refractivity contribution in [3.8, 4) is 23.0 Å². The monoisotopic (exact) mass is 482 g/mol. The first-order valence-electron chi connectivity index (χ1n) is 11.1. The van der Waals surface area contributed by atoms with E-state index < -0.39 is 48.9 Å². The number of fused-ring (bicyclic) bond motifs is 3. The molecule has 35 heavy (non-hydrogen) atoms. The second kappa shape index (κ2) is 9.74. The number of alkyl carbamates (subject to hydrolysis) is 1. The summed E-state index contributed by atoms with van der Waals surface area (Å²) in [6.45, 7) is 0.490. The van der Waals surface area contributed by atoms with Gasteiger partial charge >= 0.3 is 12.1 Å². The van der Waals surface area contributed by atoms with Gasteiger partial charge in [-0.15, -0.1) is 11.8 Å². The Morgan fingerprint density at radius 1 is 1.14 bits per heavy atom. The molecule has 2 aromatic rings. The number of likely N-dealkylation sites (tertiary alicyclic amines) is 1. The molecule has 2 aromatic carbocycles. The maximum Gasteiger partial charge on any atom is 0.407 e. The van der Waals surface area contributed by atoms with Gasteiger partial charge in [0.05, 0.1) is 6.54 Å². The molecule has 1 aliphatic heterocycles. The van der Waals surface area contributed by atoms with Crippen LogP contribution in [0.25, 0.3) is 11.1 Å². The summed E-state index contributed by atoms with van der Waals surface area (Å²) in [4.78, 5) is 37.6. The summed E-state index contributed by atoms with van der Waals surface area (Å²) >= 11 is 0. The fraction of sp³-hybridized carbons (Fsp3) is 0.346. The van der Waals surface area contributed by atoms with Crippen LogP contribution in [-0.4, -0.2) is 59.1 Å². The third-order valence-corrected chi connectivity index (χ3v) is 6.25. The molecule has 182 valence electrons. The number of carboxylic acid groups (broad SMARTS) is 1. The summed E-state index contributed by atoms with van der Waals surface area (Å²) in [7, 11) is 0. The Balaban J connectivity index is 1.46. The topological polar surface area (TPSA) is 95.9 Å². The molecule has 2 unspecified atom stereocenters. The van der Waals surface area contributed by atoms with Crippen molar-refractivity contribution in [2.45, 2.75) is 43.7 Å². The van der Waals surface area contributed by atoms with Crippen molar-refractivity contribution in [2.24, 2.45) is 0 Å². The van der Waals surface area contributed by atoms with Gasteiger partial charge in [-0.1, -0.05) is 48.5 Å². The molecule has 1 aliphatic carbocycles. The van der Waals surface area contributed by atoms with Crippen LogP contribution < -0.4 is 5.32 Å². The predicted octanol–water partition coefficient (Wildman–Crippen LogP) is 3.63. The van der Waals surface area contributed by atoms with Gasteiger partial charge in [0, 0.05) is 18.8 Å². The average Bonchev–Trinajstić information content (AvgIpc) is 3.34. The number of benzene rings is 2. The fourth-order valence-electron chi connectivity index (χ4n) is 4.66. The highest BCUT2D eigenvalue weighted by atomic mass is 19.3. The van der Waals surface area contributed by atoms with Gasteiger partial charge in [-0.2, -0.15) is 0 Å². The van der Waals surface area contributed by atoms with Crippen molar-refractivity contribution in [3.05, 3.63) is 59.7 Å². The minimum Gasteiger partial charge on any atom is -0.480 e. The van der Waals surface area contributed by atoms with Gasteiger partial charge < -0.3 is 20.1 Å². The van der Waals surface area contributed by atoms with Gasteiger partial charge in [0.1, 0.15) is 18.7 Å². The van der Waals surface area contributed by atoms with Gasteiger partial charge in [0.25, 0.3) is 5.92 Å². The molecule has 0 saturated carbocycles. The molecular formula is C26H24F2N2O5. The van der Waals surface area contributed by atoms with Crippen molar-refractivity contribution in [3.63, 3.8) is 0 Å². The largest absolute Gasteiger partial charge is 0.480 e. The van der Waals surface area contributed by atoms with Crippen LogP contribution in [0.15, 0.2) is 48.5 Å². The van der Waals surface area contributed by atoms with Crippen LogP contribution in [0.1, 0.15) is 36.8 Å². The van der Waals surface area contributed by atoms with Crippen molar-refractivity contribution >= 4 is 18.0 Å². The van der Waals surface area contributed by atoms with E-state index in [1.807, 2.05) is 48.5 Å². The van der Waals surface area contributed by atoms with E-state index in [2.05, 4.69) is 17.2 Å². The summed E-state index contributed by atoms with van der Waals surface area (Å²) in [5.74, 6) is -0.770. The maximum absolute atomic E-state index is 13.9. The molecule has 4 rings (SSSR count). The number of rotatable bonds is 6. The summed E-state index contributed by atoms with van der Waals surface area (Å²) in [6.07, 6.45) is -2.07. The zero-order valence-electron chi connectivity index (χ0n) is 19.0. The highest BCUT2D eigenvalue weighted by Crippen LogP contribution is 2.44. The number of hydrogen-bond acceptors (Lipinski definition) is 4. The van der Waals surface area contributed by atoms with Crippen molar-refractivity contribution in [1.29, 1.82) is 0 Å². The minimum atomic E-state index is -3.33. The SMILES string of the molecule is CC#CCC(NC(=O)OCC1c2ccccc2-c2ccccc21)C(=O)N1CC(F)(F)CC1C(=O)O. The number of alkyl halides is 2. The number of aliphatic carboxylic acids is 1. The van der Waals surface area contributed by atoms with E-state index in [9.17, 15) is 28.3 Å². The van der Waals surface area contributed by atoms with Crippen molar-refractivity contribution < 1.29 is 33.0 Å². The molecule has 7 nitrogen and oxygen atoms in total. The number of ether oxygens (including phenoxy) is 1. The molecule has 2 aliphatic rings. The van der Waals surface area contributed by atoms with E-state index in [1.54, 1.807) is 0 Å². The Morgan fingerprint density at radius 3 is 2.31 bits per heavy atom. The van der Waals surface area contributed by atoms with E-state index in [0.717, 1.165) is 22.3 Å². The normalized spacial score (nSPS) is 18.6. The molecule has 2 N–H and O–H groups in total. The van der Waals surface area contributed by atoms with E-state index in [4.69, 9.17) is 4.74 Å².